The van der Waals surface area contributed by atoms with Gasteiger partial charge in [-0.05, 0) is 47.8 Å². The van der Waals surface area contributed by atoms with Crippen LogP contribution in [0, 0.1) is 10.8 Å². The lowest BCUT2D eigenvalue weighted by molar-refractivity contribution is 0.0696. The summed E-state index contributed by atoms with van der Waals surface area (Å²) in [5.74, 6) is -0.864. The molecule has 0 heterocycles. The third-order valence-electron chi connectivity index (χ3n) is 4.32. The molecule has 0 spiro atoms. The van der Waals surface area contributed by atoms with Crippen molar-refractivity contribution in [3.05, 3.63) is 35.4 Å². The van der Waals surface area contributed by atoms with E-state index in [-0.39, 0.29) is 0 Å². The normalized spacial score (nSPS) is 21.1. The highest BCUT2D eigenvalue weighted by Crippen LogP contribution is 2.45. The number of rotatable bonds is 4. The highest BCUT2D eigenvalue weighted by Gasteiger charge is 2.38. The molecule has 0 bridgehead atoms. The largest absolute Gasteiger partial charge is 0.478 e. The maximum absolute atomic E-state index is 11.0. The van der Waals surface area contributed by atoms with Crippen molar-refractivity contribution >= 4 is 5.97 Å². The van der Waals surface area contributed by atoms with Crippen LogP contribution in [0.4, 0.5) is 0 Å². The van der Waals surface area contributed by atoms with Crippen molar-refractivity contribution in [3.8, 4) is 0 Å². The third kappa shape index (κ3) is 4.57. The van der Waals surface area contributed by atoms with E-state index in [1.54, 1.807) is 12.1 Å². The highest BCUT2D eigenvalue weighted by molar-refractivity contribution is 5.87. The van der Waals surface area contributed by atoms with Crippen molar-refractivity contribution in [1.82, 2.24) is 5.32 Å². The molecule has 0 aliphatic heterocycles. The Morgan fingerprint density at radius 2 is 1.86 bits per heavy atom. The summed E-state index contributed by atoms with van der Waals surface area (Å²) in [7, 11) is 0. The Balaban J connectivity index is 1.99. The van der Waals surface area contributed by atoms with Gasteiger partial charge in [0.2, 0.25) is 0 Å². The summed E-state index contributed by atoms with van der Waals surface area (Å²) in [4.78, 5) is 11.0. The average Bonchev–Trinajstić information content (AvgIpc) is 2.33. The Morgan fingerprint density at radius 3 is 2.43 bits per heavy atom. The van der Waals surface area contributed by atoms with E-state index in [1.165, 1.54) is 19.3 Å². The van der Waals surface area contributed by atoms with Crippen LogP contribution < -0.4 is 5.32 Å². The van der Waals surface area contributed by atoms with Crippen molar-refractivity contribution in [2.75, 3.05) is 0 Å². The molecular weight excluding hydrogens is 262 g/mol. The van der Waals surface area contributed by atoms with Crippen LogP contribution >= 0.6 is 0 Å². The quantitative estimate of drug-likeness (QED) is 0.878. The minimum atomic E-state index is -0.864. The topological polar surface area (TPSA) is 49.3 Å². The SMILES string of the molecule is CC1(C)CC(NCc2cccc(C(=O)O)c2)CC(C)(C)C1. The molecule has 0 amide bonds. The van der Waals surface area contributed by atoms with E-state index in [1.807, 2.05) is 12.1 Å². The van der Waals surface area contributed by atoms with E-state index in [2.05, 4.69) is 33.0 Å². The molecule has 0 aromatic heterocycles. The zero-order valence-electron chi connectivity index (χ0n) is 13.6. The molecule has 0 atom stereocenters. The van der Waals surface area contributed by atoms with Gasteiger partial charge in [0.15, 0.2) is 0 Å². The predicted octanol–water partition coefficient (Wildman–Crippen LogP) is 4.08. The van der Waals surface area contributed by atoms with E-state index in [0.29, 0.717) is 22.4 Å². The Kier molecular flexibility index (Phi) is 4.43. The average molecular weight is 289 g/mol. The van der Waals surface area contributed by atoms with Crippen LogP contribution in [0.3, 0.4) is 0 Å². The fourth-order valence-electron chi connectivity index (χ4n) is 4.07. The third-order valence-corrected chi connectivity index (χ3v) is 4.32. The number of hydrogen-bond donors (Lipinski definition) is 2. The number of carboxylic acids is 1. The first-order valence-electron chi connectivity index (χ1n) is 7.73. The Morgan fingerprint density at radius 1 is 1.24 bits per heavy atom. The van der Waals surface area contributed by atoms with Crippen LogP contribution in [0.5, 0.6) is 0 Å². The summed E-state index contributed by atoms with van der Waals surface area (Å²) in [6.45, 7) is 10.1. The molecule has 1 aliphatic rings. The molecule has 1 fully saturated rings. The van der Waals surface area contributed by atoms with Crippen LogP contribution in [-0.4, -0.2) is 17.1 Å². The smallest absolute Gasteiger partial charge is 0.335 e. The number of benzene rings is 1. The van der Waals surface area contributed by atoms with Gasteiger partial charge in [-0.25, -0.2) is 4.79 Å². The van der Waals surface area contributed by atoms with Crippen molar-refractivity contribution in [2.24, 2.45) is 10.8 Å². The summed E-state index contributed by atoms with van der Waals surface area (Å²) >= 11 is 0. The van der Waals surface area contributed by atoms with Crippen molar-refractivity contribution in [2.45, 2.75) is 59.5 Å². The minimum Gasteiger partial charge on any atom is -0.478 e. The second kappa shape index (κ2) is 5.80. The molecule has 2 N–H and O–H groups in total. The summed E-state index contributed by atoms with van der Waals surface area (Å²) in [5, 5.41) is 12.7. The summed E-state index contributed by atoms with van der Waals surface area (Å²) < 4.78 is 0. The minimum absolute atomic E-state index is 0.360. The number of hydrogen-bond acceptors (Lipinski definition) is 2. The van der Waals surface area contributed by atoms with Gasteiger partial charge in [-0.15, -0.1) is 0 Å². The van der Waals surface area contributed by atoms with Gasteiger partial charge in [0, 0.05) is 12.6 Å². The van der Waals surface area contributed by atoms with Crippen molar-refractivity contribution < 1.29 is 9.90 Å². The number of aromatic carboxylic acids is 1. The highest BCUT2D eigenvalue weighted by atomic mass is 16.4. The van der Waals surface area contributed by atoms with Crippen LogP contribution in [0.1, 0.15) is 62.9 Å². The zero-order chi connectivity index (χ0) is 15.7. The molecule has 3 heteroatoms. The number of nitrogens with one attached hydrogen (secondary N) is 1. The molecule has 0 radical (unpaired) electrons. The Bertz CT molecular complexity index is 504. The zero-order valence-corrected chi connectivity index (χ0v) is 13.6. The van der Waals surface area contributed by atoms with Gasteiger partial charge in [-0.1, -0.05) is 39.8 Å². The summed E-state index contributed by atoms with van der Waals surface area (Å²) in [6, 6.07) is 7.69. The second-order valence-electron chi connectivity index (χ2n) is 8.00. The first-order valence-corrected chi connectivity index (χ1v) is 7.73. The number of carboxylic acid groups (broad SMARTS) is 1. The molecule has 116 valence electrons. The van der Waals surface area contributed by atoms with Gasteiger partial charge in [-0.3, -0.25) is 0 Å². The van der Waals surface area contributed by atoms with E-state index in [0.717, 1.165) is 12.1 Å². The summed E-state index contributed by atoms with van der Waals surface area (Å²) in [5.41, 5.74) is 2.12. The van der Waals surface area contributed by atoms with Gasteiger partial charge in [-0.2, -0.15) is 0 Å². The van der Waals surface area contributed by atoms with Crippen LogP contribution in [0.25, 0.3) is 0 Å². The molecule has 0 unspecified atom stereocenters. The maximum atomic E-state index is 11.0. The van der Waals surface area contributed by atoms with Gasteiger partial charge in [0.25, 0.3) is 0 Å². The fourth-order valence-corrected chi connectivity index (χ4v) is 4.07. The Labute approximate surface area is 127 Å². The predicted molar refractivity (Wildman–Crippen MR) is 85.4 cm³/mol. The van der Waals surface area contributed by atoms with E-state index >= 15 is 0 Å². The number of carbonyl (C=O) groups is 1. The van der Waals surface area contributed by atoms with Crippen molar-refractivity contribution in [1.29, 1.82) is 0 Å². The lowest BCUT2D eigenvalue weighted by atomic mass is 9.63. The molecule has 1 aliphatic carbocycles. The maximum Gasteiger partial charge on any atom is 0.335 e. The first-order chi connectivity index (χ1) is 9.67. The summed E-state index contributed by atoms with van der Waals surface area (Å²) in [6.07, 6.45) is 3.61. The standard InChI is InChI=1S/C18H27NO2/c1-17(2)9-15(10-18(3,4)12-17)19-11-13-6-5-7-14(8-13)16(20)21/h5-8,15,19H,9-12H2,1-4H3,(H,20,21). The lowest BCUT2D eigenvalue weighted by Gasteiger charge is -2.45. The molecular formula is C18H27NO2. The monoisotopic (exact) mass is 289 g/mol. The first kappa shape index (κ1) is 16.0. The Hall–Kier alpha value is -1.35. The van der Waals surface area contributed by atoms with Crippen molar-refractivity contribution in [3.63, 3.8) is 0 Å². The van der Waals surface area contributed by atoms with E-state index in [4.69, 9.17) is 5.11 Å². The van der Waals surface area contributed by atoms with Gasteiger partial charge in [0.05, 0.1) is 5.56 Å². The molecule has 1 saturated carbocycles. The van der Waals surface area contributed by atoms with Crippen LogP contribution in [-0.2, 0) is 6.54 Å². The van der Waals surface area contributed by atoms with Crippen LogP contribution in [0.15, 0.2) is 24.3 Å². The molecule has 3 nitrogen and oxygen atoms in total. The molecule has 2 rings (SSSR count). The van der Waals surface area contributed by atoms with E-state index < -0.39 is 5.97 Å². The van der Waals surface area contributed by atoms with Crippen LogP contribution in [0.2, 0.25) is 0 Å². The van der Waals surface area contributed by atoms with E-state index in [9.17, 15) is 4.79 Å². The van der Waals surface area contributed by atoms with Gasteiger partial charge in [0.1, 0.15) is 0 Å². The van der Waals surface area contributed by atoms with Gasteiger partial charge >= 0.3 is 5.97 Å². The molecule has 21 heavy (non-hydrogen) atoms. The molecule has 1 aromatic rings. The molecule has 1 aromatic carbocycles. The fraction of sp³-hybridized carbons (Fsp3) is 0.611. The second-order valence-corrected chi connectivity index (χ2v) is 8.00. The van der Waals surface area contributed by atoms with Gasteiger partial charge < -0.3 is 10.4 Å². The lowest BCUT2D eigenvalue weighted by Crippen LogP contribution is -2.43. The molecule has 0 saturated heterocycles.